The molecule has 5 heteroatoms. The molecule has 78 valence electrons. The summed E-state index contributed by atoms with van der Waals surface area (Å²) in [5.41, 5.74) is 0. The number of halogens is 1. The summed E-state index contributed by atoms with van der Waals surface area (Å²) in [5, 5.41) is 0. The van der Waals surface area contributed by atoms with Gasteiger partial charge in [-0.15, -0.1) is 11.3 Å². The van der Waals surface area contributed by atoms with Crippen molar-refractivity contribution in [1.29, 1.82) is 0 Å². The molecule has 0 saturated heterocycles. The van der Waals surface area contributed by atoms with Gasteiger partial charge in [0.1, 0.15) is 0 Å². The third-order valence-electron chi connectivity index (χ3n) is 1.58. The van der Waals surface area contributed by atoms with Crippen molar-refractivity contribution in [2.45, 2.75) is 12.7 Å². The van der Waals surface area contributed by atoms with Gasteiger partial charge in [-0.05, 0) is 19.1 Å². The average molecular weight is 251 g/mol. The number of allylic oxidation sites excluding steroid dienone is 1. The molecule has 1 aromatic rings. The molecule has 0 aliphatic carbocycles. The number of thiophene rings is 1. The van der Waals surface area contributed by atoms with Gasteiger partial charge >= 0.3 is 0 Å². The maximum atomic E-state index is 11.5. The van der Waals surface area contributed by atoms with Crippen molar-refractivity contribution < 1.29 is 8.42 Å². The Labute approximate surface area is 93.1 Å². The van der Waals surface area contributed by atoms with E-state index >= 15 is 0 Å². The molecule has 1 aromatic heterocycles. The van der Waals surface area contributed by atoms with Crippen LogP contribution in [0.1, 0.15) is 11.8 Å². The van der Waals surface area contributed by atoms with Crippen LogP contribution in [0.25, 0.3) is 0 Å². The van der Waals surface area contributed by atoms with Crippen LogP contribution in [0.3, 0.4) is 0 Å². The van der Waals surface area contributed by atoms with E-state index in [1.807, 2.05) is 0 Å². The number of sulfone groups is 1. The van der Waals surface area contributed by atoms with Gasteiger partial charge in [-0.1, -0.05) is 23.8 Å². The summed E-state index contributed by atoms with van der Waals surface area (Å²) in [6.45, 7) is 1.80. The van der Waals surface area contributed by atoms with E-state index in [-0.39, 0.29) is 11.5 Å². The van der Waals surface area contributed by atoms with E-state index in [1.54, 1.807) is 31.2 Å². The van der Waals surface area contributed by atoms with Crippen LogP contribution in [0, 0.1) is 0 Å². The summed E-state index contributed by atoms with van der Waals surface area (Å²) in [4.78, 5) is 0.791. The lowest BCUT2D eigenvalue weighted by molar-refractivity contribution is 0.598. The number of hydrogen-bond acceptors (Lipinski definition) is 3. The van der Waals surface area contributed by atoms with Crippen molar-refractivity contribution in [2.75, 3.05) is 5.75 Å². The normalized spacial score (nSPS) is 12.4. The second kappa shape index (κ2) is 4.96. The van der Waals surface area contributed by atoms with E-state index in [0.29, 0.717) is 4.34 Å². The van der Waals surface area contributed by atoms with Gasteiger partial charge in [-0.3, -0.25) is 0 Å². The predicted octanol–water partition coefficient (Wildman–Crippen LogP) is 2.89. The Bertz CT molecular complexity index is 418. The highest BCUT2D eigenvalue weighted by Gasteiger charge is 2.11. The van der Waals surface area contributed by atoms with Crippen molar-refractivity contribution in [1.82, 2.24) is 0 Å². The molecule has 0 spiro atoms. The Morgan fingerprint density at radius 1 is 1.50 bits per heavy atom. The summed E-state index contributed by atoms with van der Waals surface area (Å²) in [6, 6.07) is 3.47. The lowest BCUT2D eigenvalue weighted by Gasteiger charge is -1.97. The molecule has 0 unspecified atom stereocenters. The first-order valence-electron chi connectivity index (χ1n) is 4.09. The largest absolute Gasteiger partial charge is 0.228 e. The van der Waals surface area contributed by atoms with Crippen molar-refractivity contribution in [3.05, 3.63) is 33.5 Å². The molecular weight excluding hydrogens is 240 g/mol. The molecule has 0 aliphatic rings. The zero-order valence-corrected chi connectivity index (χ0v) is 10.1. The lowest BCUT2D eigenvalue weighted by Crippen LogP contribution is -2.06. The Morgan fingerprint density at radius 3 is 2.71 bits per heavy atom. The average Bonchev–Trinajstić information content (AvgIpc) is 2.47. The van der Waals surface area contributed by atoms with Gasteiger partial charge < -0.3 is 0 Å². The summed E-state index contributed by atoms with van der Waals surface area (Å²) < 4.78 is 23.6. The first kappa shape index (κ1) is 11.8. The van der Waals surface area contributed by atoms with E-state index in [0.717, 1.165) is 4.88 Å². The molecule has 0 N–H and O–H groups in total. The molecule has 2 nitrogen and oxygen atoms in total. The zero-order chi connectivity index (χ0) is 10.6. The van der Waals surface area contributed by atoms with Gasteiger partial charge in [0, 0.05) is 4.88 Å². The molecule has 0 fully saturated rings. The third kappa shape index (κ3) is 3.82. The Morgan fingerprint density at radius 2 is 2.21 bits per heavy atom. The molecular formula is C9H11ClO2S2. The SMILES string of the molecule is C/C=C/CS(=O)(=O)Cc1ccc(Cl)s1. The molecule has 0 saturated carbocycles. The minimum Gasteiger partial charge on any atom is -0.228 e. The summed E-state index contributed by atoms with van der Waals surface area (Å²) in [5.74, 6) is 0.174. The lowest BCUT2D eigenvalue weighted by atomic mass is 10.5. The van der Waals surface area contributed by atoms with Gasteiger partial charge in [0.15, 0.2) is 9.84 Å². The van der Waals surface area contributed by atoms with Crippen molar-refractivity contribution in [2.24, 2.45) is 0 Å². The zero-order valence-electron chi connectivity index (χ0n) is 7.73. The minimum atomic E-state index is -3.02. The maximum absolute atomic E-state index is 11.5. The third-order valence-corrected chi connectivity index (χ3v) is 4.44. The smallest absolute Gasteiger partial charge is 0.158 e. The Hall–Kier alpha value is -0.320. The van der Waals surface area contributed by atoms with Crippen LogP contribution < -0.4 is 0 Å². The van der Waals surface area contributed by atoms with Crippen LogP contribution in [-0.2, 0) is 15.6 Å². The number of hydrogen-bond donors (Lipinski definition) is 0. The van der Waals surface area contributed by atoms with Crippen LogP contribution in [0.4, 0.5) is 0 Å². The maximum Gasteiger partial charge on any atom is 0.158 e. The van der Waals surface area contributed by atoms with Crippen LogP contribution in [0.5, 0.6) is 0 Å². The molecule has 0 aromatic carbocycles. The molecule has 0 atom stereocenters. The topological polar surface area (TPSA) is 34.1 Å². The summed E-state index contributed by atoms with van der Waals surface area (Å²) in [6.07, 6.45) is 3.38. The van der Waals surface area contributed by atoms with E-state index in [4.69, 9.17) is 11.6 Å². The molecule has 1 heterocycles. The minimum absolute atomic E-state index is 0.0781. The Balaban J connectivity index is 2.68. The first-order chi connectivity index (χ1) is 6.53. The van der Waals surface area contributed by atoms with Gasteiger partial charge in [-0.2, -0.15) is 0 Å². The first-order valence-corrected chi connectivity index (χ1v) is 7.11. The summed E-state index contributed by atoms with van der Waals surface area (Å²) >= 11 is 7.01. The second-order valence-corrected chi connectivity index (χ2v) is 6.74. The monoisotopic (exact) mass is 250 g/mol. The summed E-state index contributed by atoms with van der Waals surface area (Å²) in [7, 11) is -3.02. The van der Waals surface area contributed by atoms with Crippen molar-refractivity contribution >= 4 is 32.8 Å². The van der Waals surface area contributed by atoms with Crippen LogP contribution >= 0.6 is 22.9 Å². The Kier molecular flexibility index (Phi) is 4.16. The quantitative estimate of drug-likeness (QED) is 0.770. The van der Waals surface area contributed by atoms with Crippen LogP contribution in [0.15, 0.2) is 24.3 Å². The second-order valence-electron chi connectivity index (χ2n) is 2.83. The van der Waals surface area contributed by atoms with Gasteiger partial charge in [-0.25, -0.2) is 8.42 Å². The highest BCUT2D eigenvalue weighted by Crippen LogP contribution is 2.23. The molecule has 14 heavy (non-hydrogen) atoms. The molecule has 1 rings (SSSR count). The highest BCUT2D eigenvalue weighted by molar-refractivity contribution is 7.90. The standard InChI is InChI=1S/C9H11ClO2S2/c1-2-3-6-14(11,12)7-8-4-5-9(10)13-8/h2-5H,6-7H2,1H3/b3-2+. The molecule has 0 radical (unpaired) electrons. The number of rotatable bonds is 4. The van der Waals surface area contributed by atoms with Crippen LogP contribution in [-0.4, -0.2) is 14.2 Å². The predicted molar refractivity (Wildman–Crippen MR) is 61.6 cm³/mol. The van der Waals surface area contributed by atoms with E-state index in [2.05, 4.69) is 0 Å². The van der Waals surface area contributed by atoms with E-state index in [1.165, 1.54) is 11.3 Å². The van der Waals surface area contributed by atoms with Crippen molar-refractivity contribution in [3.8, 4) is 0 Å². The molecule has 0 bridgehead atoms. The van der Waals surface area contributed by atoms with E-state index in [9.17, 15) is 8.42 Å². The van der Waals surface area contributed by atoms with Gasteiger partial charge in [0.25, 0.3) is 0 Å². The van der Waals surface area contributed by atoms with Gasteiger partial charge in [0.2, 0.25) is 0 Å². The fraction of sp³-hybridized carbons (Fsp3) is 0.333. The molecule has 0 aliphatic heterocycles. The van der Waals surface area contributed by atoms with E-state index < -0.39 is 9.84 Å². The fourth-order valence-electron chi connectivity index (χ4n) is 0.948. The fourth-order valence-corrected chi connectivity index (χ4v) is 3.74. The van der Waals surface area contributed by atoms with Gasteiger partial charge in [0.05, 0.1) is 15.8 Å². The van der Waals surface area contributed by atoms with Crippen molar-refractivity contribution in [3.63, 3.8) is 0 Å². The van der Waals surface area contributed by atoms with Crippen LogP contribution in [0.2, 0.25) is 4.34 Å². The highest BCUT2D eigenvalue weighted by atomic mass is 35.5. The molecule has 0 amide bonds.